The zero-order chi connectivity index (χ0) is 18.3. The molecule has 1 aromatic carbocycles. The van der Waals surface area contributed by atoms with Gasteiger partial charge in [-0.15, -0.1) is 11.3 Å². The van der Waals surface area contributed by atoms with Crippen LogP contribution in [0.4, 0.5) is 4.79 Å². The molecular formula is C20H22N2O3S. The second kappa shape index (κ2) is 6.43. The van der Waals surface area contributed by atoms with Gasteiger partial charge in [0.25, 0.3) is 5.91 Å². The maximum atomic E-state index is 13.3. The fourth-order valence-electron chi connectivity index (χ4n) is 4.02. The van der Waals surface area contributed by atoms with E-state index in [9.17, 15) is 9.59 Å². The Hall–Kier alpha value is -2.34. The number of carbonyl (C=O) groups is 2. The SMILES string of the molecule is Cc1scc(C(=O)N2CCCC3(CN(C)C(=O)O3)C2)c1-c1ccccc1. The number of piperidine rings is 1. The summed E-state index contributed by atoms with van der Waals surface area (Å²) in [6, 6.07) is 10.0. The average Bonchev–Trinajstić information content (AvgIpc) is 3.15. The Morgan fingerprint density at radius 2 is 2.00 bits per heavy atom. The minimum atomic E-state index is -0.558. The van der Waals surface area contributed by atoms with Gasteiger partial charge in [0.2, 0.25) is 0 Å². The van der Waals surface area contributed by atoms with Gasteiger partial charge in [0.1, 0.15) is 5.60 Å². The molecule has 2 aromatic rings. The van der Waals surface area contributed by atoms with Crippen LogP contribution < -0.4 is 0 Å². The normalized spacial score (nSPS) is 22.8. The molecule has 2 fully saturated rings. The summed E-state index contributed by atoms with van der Waals surface area (Å²) in [4.78, 5) is 29.7. The molecule has 0 saturated carbocycles. The Labute approximate surface area is 157 Å². The summed E-state index contributed by atoms with van der Waals surface area (Å²) in [5, 5.41) is 1.95. The summed E-state index contributed by atoms with van der Waals surface area (Å²) in [5.41, 5.74) is 2.26. The maximum Gasteiger partial charge on any atom is 0.410 e. The molecule has 6 heteroatoms. The number of amides is 2. The highest BCUT2D eigenvalue weighted by Crippen LogP contribution is 2.36. The number of carbonyl (C=O) groups excluding carboxylic acids is 2. The molecule has 2 saturated heterocycles. The van der Waals surface area contributed by atoms with Crippen LogP contribution in [0.15, 0.2) is 35.7 Å². The number of likely N-dealkylation sites (tertiary alicyclic amines) is 1. The van der Waals surface area contributed by atoms with Crippen molar-refractivity contribution in [3.05, 3.63) is 46.2 Å². The minimum absolute atomic E-state index is 0.0258. The van der Waals surface area contributed by atoms with Crippen LogP contribution in [0.2, 0.25) is 0 Å². The number of ether oxygens (including phenoxy) is 1. The lowest BCUT2D eigenvalue weighted by Gasteiger charge is -2.38. The molecule has 26 heavy (non-hydrogen) atoms. The number of hydrogen-bond acceptors (Lipinski definition) is 4. The maximum absolute atomic E-state index is 13.3. The highest BCUT2D eigenvalue weighted by Gasteiger charge is 2.47. The lowest BCUT2D eigenvalue weighted by atomic mass is 9.92. The molecule has 0 bridgehead atoms. The molecule has 1 aromatic heterocycles. The lowest BCUT2D eigenvalue weighted by Crippen LogP contribution is -2.52. The second-order valence-corrected chi connectivity index (χ2v) is 8.27. The predicted molar refractivity (Wildman–Crippen MR) is 101 cm³/mol. The van der Waals surface area contributed by atoms with Crippen LogP contribution >= 0.6 is 11.3 Å². The number of aryl methyl sites for hydroxylation is 1. The van der Waals surface area contributed by atoms with E-state index in [1.54, 1.807) is 23.3 Å². The van der Waals surface area contributed by atoms with Crippen molar-refractivity contribution in [1.29, 1.82) is 0 Å². The Balaban J connectivity index is 1.62. The summed E-state index contributed by atoms with van der Waals surface area (Å²) in [6.07, 6.45) is 1.35. The van der Waals surface area contributed by atoms with E-state index < -0.39 is 5.60 Å². The third-order valence-corrected chi connectivity index (χ3v) is 6.15. The Kier molecular flexibility index (Phi) is 4.23. The van der Waals surface area contributed by atoms with Crippen molar-refractivity contribution in [2.45, 2.75) is 25.4 Å². The van der Waals surface area contributed by atoms with Gasteiger partial charge in [-0.2, -0.15) is 0 Å². The number of hydrogen-bond donors (Lipinski definition) is 0. The van der Waals surface area contributed by atoms with Gasteiger partial charge in [-0.1, -0.05) is 30.3 Å². The standard InChI is InChI=1S/C20H22N2O3S/c1-14-17(15-7-4-3-5-8-15)16(11-26-14)18(23)22-10-6-9-20(13-22)12-21(2)19(24)25-20/h3-5,7-8,11H,6,9-10,12-13H2,1-2H3. The molecule has 2 amide bonds. The first kappa shape index (κ1) is 17.1. The smallest absolute Gasteiger partial charge is 0.410 e. The van der Waals surface area contributed by atoms with Crippen LogP contribution in [-0.4, -0.2) is 54.1 Å². The van der Waals surface area contributed by atoms with E-state index in [1.807, 2.05) is 40.6 Å². The van der Waals surface area contributed by atoms with Crippen molar-refractivity contribution in [3.63, 3.8) is 0 Å². The van der Waals surface area contributed by atoms with Crippen molar-refractivity contribution >= 4 is 23.3 Å². The monoisotopic (exact) mass is 370 g/mol. The van der Waals surface area contributed by atoms with Gasteiger partial charge in [-0.05, 0) is 25.3 Å². The fourth-order valence-corrected chi connectivity index (χ4v) is 4.88. The van der Waals surface area contributed by atoms with E-state index in [4.69, 9.17) is 4.74 Å². The van der Waals surface area contributed by atoms with Gasteiger partial charge < -0.3 is 14.5 Å². The average molecular weight is 370 g/mol. The van der Waals surface area contributed by atoms with E-state index in [0.717, 1.165) is 34.4 Å². The third kappa shape index (κ3) is 2.88. The molecule has 1 spiro atoms. The van der Waals surface area contributed by atoms with Crippen molar-refractivity contribution < 1.29 is 14.3 Å². The molecule has 136 valence electrons. The van der Waals surface area contributed by atoms with Gasteiger partial charge in [-0.25, -0.2) is 4.79 Å². The molecule has 0 N–H and O–H groups in total. The summed E-state index contributed by atoms with van der Waals surface area (Å²) in [6.45, 7) is 3.76. The summed E-state index contributed by atoms with van der Waals surface area (Å²) in [7, 11) is 1.74. The number of nitrogens with zero attached hydrogens (tertiary/aromatic N) is 2. The van der Waals surface area contributed by atoms with Crippen LogP contribution in [0.3, 0.4) is 0 Å². The predicted octanol–water partition coefficient (Wildman–Crippen LogP) is 3.78. The molecule has 2 aliphatic rings. The summed E-state index contributed by atoms with van der Waals surface area (Å²) < 4.78 is 5.63. The molecule has 2 aliphatic heterocycles. The van der Waals surface area contributed by atoms with Gasteiger partial charge in [0, 0.05) is 29.4 Å². The van der Waals surface area contributed by atoms with Crippen LogP contribution in [-0.2, 0) is 4.74 Å². The van der Waals surface area contributed by atoms with Crippen LogP contribution in [0.1, 0.15) is 28.1 Å². The number of benzene rings is 1. The highest BCUT2D eigenvalue weighted by molar-refractivity contribution is 7.10. The first-order valence-electron chi connectivity index (χ1n) is 8.86. The van der Waals surface area contributed by atoms with Crippen molar-refractivity contribution in [2.24, 2.45) is 0 Å². The zero-order valence-corrected chi connectivity index (χ0v) is 15.8. The number of rotatable bonds is 2. The van der Waals surface area contributed by atoms with Crippen molar-refractivity contribution in [2.75, 3.05) is 26.7 Å². The van der Waals surface area contributed by atoms with E-state index >= 15 is 0 Å². The summed E-state index contributed by atoms with van der Waals surface area (Å²) >= 11 is 1.60. The quantitative estimate of drug-likeness (QED) is 0.808. The summed E-state index contributed by atoms with van der Waals surface area (Å²) in [5.74, 6) is 0.0258. The van der Waals surface area contributed by atoms with Crippen LogP contribution in [0, 0.1) is 6.92 Å². The molecule has 0 aliphatic carbocycles. The third-order valence-electron chi connectivity index (χ3n) is 5.24. The molecule has 4 rings (SSSR count). The van der Waals surface area contributed by atoms with E-state index in [1.165, 1.54) is 0 Å². The van der Waals surface area contributed by atoms with Crippen LogP contribution in [0.5, 0.6) is 0 Å². The minimum Gasteiger partial charge on any atom is -0.439 e. The van der Waals surface area contributed by atoms with Gasteiger partial charge in [0.05, 0.1) is 18.7 Å². The number of likely N-dealkylation sites (N-methyl/N-ethyl adjacent to an activating group) is 1. The lowest BCUT2D eigenvalue weighted by molar-refractivity contribution is -0.00516. The Morgan fingerprint density at radius 3 is 2.69 bits per heavy atom. The van der Waals surface area contributed by atoms with Crippen molar-refractivity contribution in [3.8, 4) is 11.1 Å². The zero-order valence-electron chi connectivity index (χ0n) is 15.0. The van der Waals surface area contributed by atoms with E-state index in [0.29, 0.717) is 19.6 Å². The molecule has 5 nitrogen and oxygen atoms in total. The van der Waals surface area contributed by atoms with Crippen LogP contribution in [0.25, 0.3) is 11.1 Å². The fraction of sp³-hybridized carbons (Fsp3) is 0.400. The molecule has 1 unspecified atom stereocenters. The largest absolute Gasteiger partial charge is 0.439 e. The molecular weight excluding hydrogens is 348 g/mol. The molecule has 0 radical (unpaired) electrons. The van der Waals surface area contributed by atoms with E-state index in [-0.39, 0.29) is 12.0 Å². The Morgan fingerprint density at radius 1 is 1.23 bits per heavy atom. The second-order valence-electron chi connectivity index (χ2n) is 7.18. The first-order chi connectivity index (χ1) is 12.5. The highest BCUT2D eigenvalue weighted by atomic mass is 32.1. The number of thiophene rings is 1. The van der Waals surface area contributed by atoms with Gasteiger partial charge in [0.15, 0.2) is 0 Å². The van der Waals surface area contributed by atoms with Gasteiger partial charge >= 0.3 is 6.09 Å². The Bertz CT molecular complexity index is 848. The van der Waals surface area contributed by atoms with Crippen molar-refractivity contribution in [1.82, 2.24) is 9.80 Å². The molecule has 1 atom stereocenters. The van der Waals surface area contributed by atoms with E-state index in [2.05, 4.69) is 6.92 Å². The first-order valence-corrected chi connectivity index (χ1v) is 9.74. The van der Waals surface area contributed by atoms with Gasteiger partial charge in [-0.3, -0.25) is 4.79 Å². The molecule has 3 heterocycles. The topological polar surface area (TPSA) is 49.9 Å².